The van der Waals surface area contributed by atoms with Crippen LogP contribution in [-0.2, 0) is 4.74 Å². The van der Waals surface area contributed by atoms with Gasteiger partial charge in [-0.15, -0.1) is 0 Å². The number of nitrogens with zero attached hydrogens (tertiary/aromatic N) is 2. The van der Waals surface area contributed by atoms with Crippen molar-refractivity contribution in [3.8, 4) is 5.75 Å². The molecule has 0 aliphatic carbocycles. The molecular formula is C19H27BrN2O2. The molecule has 0 bridgehead atoms. The fourth-order valence-corrected chi connectivity index (χ4v) is 3.67. The lowest BCUT2D eigenvalue weighted by molar-refractivity contribution is 0.205. The molecule has 4 nitrogen and oxygen atoms in total. The molecule has 1 fully saturated rings. The van der Waals surface area contributed by atoms with E-state index in [1.807, 2.05) is 18.2 Å². The van der Waals surface area contributed by atoms with Crippen LogP contribution >= 0.6 is 15.9 Å². The molecule has 0 saturated carbocycles. The summed E-state index contributed by atoms with van der Waals surface area (Å²) in [5.74, 6) is 1.60. The van der Waals surface area contributed by atoms with E-state index in [-0.39, 0.29) is 5.54 Å². The van der Waals surface area contributed by atoms with E-state index < -0.39 is 0 Å². The highest BCUT2D eigenvalue weighted by Crippen LogP contribution is 2.28. The van der Waals surface area contributed by atoms with Crippen molar-refractivity contribution in [2.45, 2.75) is 45.1 Å². The molecule has 0 aromatic heterocycles. The van der Waals surface area contributed by atoms with Gasteiger partial charge in [-0.2, -0.15) is 0 Å². The van der Waals surface area contributed by atoms with Crippen molar-refractivity contribution in [1.82, 2.24) is 4.90 Å². The van der Waals surface area contributed by atoms with Crippen LogP contribution in [0.3, 0.4) is 0 Å². The van der Waals surface area contributed by atoms with Crippen LogP contribution in [-0.4, -0.2) is 49.2 Å². The van der Waals surface area contributed by atoms with Crippen LogP contribution in [0.4, 0.5) is 0 Å². The van der Waals surface area contributed by atoms with Gasteiger partial charge in [-0.25, -0.2) is 4.99 Å². The van der Waals surface area contributed by atoms with Crippen LogP contribution in [0.25, 0.3) is 0 Å². The first-order valence-corrected chi connectivity index (χ1v) is 9.71. The van der Waals surface area contributed by atoms with E-state index >= 15 is 0 Å². The second kappa shape index (κ2) is 7.87. The first-order valence-electron chi connectivity index (χ1n) is 8.91. The van der Waals surface area contributed by atoms with Gasteiger partial charge in [0.05, 0.1) is 17.7 Å². The van der Waals surface area contributed by atoms with E-state index in [9.17, 15) is 0 Å². The van der Waals surface area contributed by atoms with Gasteiger partial charge in [-0.05, 0) is 80.3 Å². The predicted octanol–water partition coefficient (Wildman–Crippen LogP) is 4.26. The zero-order valence-corrected chi connectivity index (χ0v) is 16.3. The van der Waals surface area contributed by atoms with Gasteiger partial charge >= 0.3 is 0 Å². The predicted molar refractivity (Wildman–Crippen MR) is 101 cm³/mol. The fourth-order valence-electron chi connectivity index (χ4n) is 3.14. The molecule has 0 N–H and O–H groups in total. The Hall–Kier alpha value is -1.07. The minimum absolute atomic E-state index is 0.140. The Bertz CT molecular complexity index is 595. The number of rotatable bonds is 6. The van der Waals surface area contributed by atoms with Crippen LogP contribution < -0.4 is 4.74 Å². The lowest BCUT2D eigenvalue weighted by Crippen LogP contribution is -2.31. The van der Waals surface area contributed by atoms with Crippen molar-refractivity contribution in [3.05, 3.63) is 28.2 Å². The normalized spacial score (nSPS) is 20.5. The summed E-state index contributed by atoms with van der Waals surface area (Å²) in [5, 5.41) is 0. The van der Waals surface area contributed by atoms with Crippen molar-refractivity contribution in [2.75, 3.05) is 32.8 Å². The van der Waals surface area contributed by atoms with Crippen LogP contribution in [0.15, 0.2) is 27.7 Å². The maximum atomic E-state index is 5.90. The molecule has 1 saturated heterocycles. The molecule has 132 valence electrons. The summed E-state index contributed by atoms with van der Waals surface area (Å²) in [6, 6.07) is 6.02. The molecule has 0 amide bonds. The van der Waals surface area contributed by atoms with Gasteiger partial charge < -0.3 is 14.4 Å². The van der Waals surface area contributed by atoms with Crippen molar-refractivity contribution in [2.24, 2.45) is 4.99 Å². The van der Waals surface area contributed by atoms with E-state index in [0.717, 1.165) is 35.4 Å². The Balaban J connectivity index is 1.50. The Morgan fingerprint density at radius 1 is 1.25 bits per heavy atom. The zero-order chi connectivity index (χ0) is 17.0. The van der Waals surface area contributed by atoms with Gasteiger partial charge in [-0.3, -0.25) is 0 Å². The Morgan fingerprint density at radius 2 is 2.04 bits per heavy atom. The molecule has 2 aliphatic heterocycles. The molecule has 1 aromatic rings. The van der Waals surface area contributed by atoms with E-state index in [1.165, 1.54) is 32.4 Å². The minimum atomic E-state index is -0.140. The smallest absolute Gasteiger partial charge is 0.217 e. The summed E-state index contributed by atoms with van der Waals surface area (Å²) in [4.78, 5) is 7.17. The summed E-state index contributed by atoms with van der Waals surface area (Å²) in [6.07, 6.45) is 5.15. The summed E-state index contributed by atoms with van der Waals surface area (Å²) in [5.41, 5.74) is 0.847. The lowest BCUT2D eigenvalue weighted by atomic mass is 10.1. The fraction of sp³-hybridized carbons (Fsp3) is 0.632. The molecular weight excluding hydrogens is 368 g/mol. The van der Waals surface area contributed by atoms with E-state index in [4.69, 9.17) is 9.47 Å². The van der Waals surface area contributed by atoms with E-state index in [0.29, 0.717) is 12.5 Å². The molecule has 3 rings (SSSR count). The third kappa shape index (κ3) is 4.73. The van der Waals surface area contributed by atoms with Crippen LogP contribution in [0.5, 0.6) is 5.75 Å². The van der Waals surface area contributed by atoms with Gasteiger partial charge in [-0.1, -0.05) is 6.42 Å². The maximum absolute atomic E-state index is 5.90. The number of likely N-dealkylation sites (tertiary alicyclic amines) is 1. The average Bonchev–Trinajstić information content (AvgIpc) is 2.92. The maximum Gasteiger partial charge on any atom is 0.217 e. The number of aliphatic imine (C=N–C) groups is 1. The molecule has 0 spiro atoms. The summed E-state index contributed by atoms with van der Waals surface area (Å²) >= 11 is 3.62. The summed E-state index contributed by atoms with van der Waals surface area (Å²) in [7, 11) is 0. The molecule has 0 atom stereocenters. The SMILES string of the molecule is CC1(C)COC(c2ccc(OCCCN3CCCCC3)cc2Br)=N1. The van der Waals surface area contributed by atoms with Crippen molar-refractivity contribution in [1.29, 1.82) is 0 Å². The molecule has 2 heterocycles. The van der Waals surface area contributed by atoms with E-state index in [2.05, 4.69) is 39.7 Å². The van der Waals surface area contributed by atoms with E-state index in [1.54, 1.807) is 0 Å². The standard InChI is InChI=1S/C19H27BrN2O2/c1-19(2)14-24-18(21-19)16-8-7-15(13-17(16)20)23-12-6-11-22-9-4-3-5-10-22/h7-8,13H,3-6,9-12,14H2,1-2H3. The summed E-state index contributed by atoms with van der Waals surface area (Å²) in [6.45, 7) is 9.17. The highest BCUT2D eigenvalue weighted by molar-refractivity contribution is 9.10. The topological polar surface area (TPSA) is 34.1 Å². The van der Waals surface area contributed by atoms with Crippen molar-refractivity contribution < 1.29 is 9.47 Å². The Morgan fingerprint density at radius 3 is 2.71 bits per heavy atom. The van der Waals surface area contributed by atoms with Gasteiger partial charge in [0, 0.05) is 11.0 Å². The lowest BCUT2D eigenvalue weighted by Gasteiger charge is -2.26. The molecule has 24 heavy (non-hydrogen) atoms. The Kier molecular flexibility index (Phi) is 5.82. The second-order valence-corrected chi connectivity index (χ2v) is 8.12. The zero-order valence-electron chi connectivity index (χ0n) is 14.7. The monoisotopic (exact) mass is 394 g/mol. The first-order chi connectivity index (χ1) is 11.5. The Labute approximate surface area is 153 Å². The number of benzene rings is 1. The third-order valence-electron chi connectivity index (χ3n) is 4.47. The number of piperidine rings is 1. The van der Waals surface area contributed by atoms with Crippen molar-refractivity contribution >= 4 is 21.8 Å². The number of hydrogen-bond acceptors (Lipinski definition) is 4. The van der Waals surface area contributed by atoms with Crippen LogP contribution in [0.1, 0.15) is 45.1 Å². The van der Waals surface area contributed by atoms with Gasteiger partial charge in [0.2, 0.25) is 5.90 Å². The summed E-state index contributed by atoms with van der Waals surface area (Å²) < 4.78 is 12.6. The van der Waals surface area contributed by atoms with Crippen molar-refractivity contribution in [3.63, 3.8) is 0 Å². The molecule has 5 heteroatoms. The number of hydrogen-bond donors (Lipinski definition) is 0. The molecule has 2 aliphatic rings. The van der Waals surface area contributed by atoms with Crippen LogP contribution in [0, 0.1) is 0 Å². The highest BCUT2D eigenvalue weighted by atomic mass is 79.9. The largest absolute Gasteiger partial charge is 0.494 e. The third-order valence-corrected chi connectivity index (χ3v) is 5.13. The molecule has 0 unspecified atom stereocenters. The molecule has 1 aromatic carbocycles. The average molecular weight is 395 g/mol. The highest BCUT2D eigenvalue weighted by Gasteiger charge is 2.28. The van der Waals surface area contributed by atoms with Gasteiger partial charge in [0.15, 0.2) is 0 Å². The minimum Gasteiger partial charge on any atom is -0.494 e. The second-order valence-electron chi connectivity index (χ2n) is 7.26. The quantitative estimate of drug-likeness (QED) is 0.675. The number of ether oxygens (including phenoxy) is 2. The molecule has 0 radical (unpaired) electrons. The first kappa shape index (κ1) is 17.7. The van der Waals surface area contributed by atoms with Gasteiger partial charge in [0.25, 0.3) is 0 Å². The van der Waals surface area contributed by atoms with Crippen LogP contribution in [0.2, 0.25) is 0 Å². The van der Waals surface area contributed by atoms with Gasteiger partial charge in [0.1, 0.15) is 12.4 Å². The number of halogens is 1.